The number of rotatable bonds is 3. The number of hydrogen-bond acceptors (Lipinski definition) is 6. The van der Waals surface area contributed by atoms with Crippen LogP contribution in [0.15, 0.2) is 6.07 Å². The molecule has 0 aliphatic carbocycles. The molecule has 2 heterocycles. The van der Waals surface area contributed by atoms with Gasteiger partial charge in [0.2, 0.25) is 0 Å². The molecule has 0 amide bonds. The Bertz CT molecular complexity index is 384. The molecular weight excluding hydrogens is 218 g/mol. The number of nitrogens with zero attached hydrogens (tertiary/aromatic N) is 3. The summed E-state index contributed by atoms with van der Waals surface area (Å²) in [6.07, 6.45) is 1.69. The summed E-state index contributed by atoms with van der Waals surface area (Å²) in [5.74, 6) is 6.72. The maximum absolute atomic E-state index is 9.60. The molecule has 6 nitrogen and oxygen atoms in total. The van der Waals surface area contributed by atoms with Gasteiger partial charge >= 0.3 is 0 Å². The van der Waals surface area contributed by atoms with Crippen molar-refractivity contribution in [1.29, 1.82) is 0 Å². The van der Waals surface area contributed by atoms with Gasteiger partial charge in [0.15, 0.2) is 0 Å². The number of nitrogen functional groups attached to an aromatic ring is 1. The highest BCUT2D eigenvalue weighted by Crippen LogP contribution is 2.13. The fourth-order valence-electron chi connectivity index (χ4n) is 2.15. The lowest BCUT2D eigenvalue weighted by atomic mass is 10.1. The van der Waals surface area contributed by atoms with Crippen LogP contribution in [0.3, 0.4) is 0 Å². The van der Waals surface area contributed by atoms with Gasteiger partial charge in [0, 0.05) is 18.3 Å². The number of nitrogens with one attached hydrogen (secondary N) is 1. The molecule has 1 aromatic heterocycles. The summed E-state index contributed by atoms with van der Waals surface area (Å²) < 4.78 is 0. The molecule has 1 aliphatic rings. The molecule has 2 rings (SSSR count). The topological polar surface area (TPSA) is 87.3 Å². The molecular formula is C11H19N5O. The van der Waals surface area contributed by atoms with Crippen LogP contribution >= 0.6 is 0 Å². The second-order valence-electron chi connectivity index (χ2n) is 4.49. The number of piperidine rings is 1. The molecule has 4 N–H and O–H groups in total. The number of β-amino-alcohol motifs (C(OH)–C–C–N with tert-alkyl or cyclic N) is 1. The minimum atomic E-state index is -0.222. The molecule has 1 saturated heterocycles. The van der Waals surface area contributed by atoms with E-state index in [2.05, 4.69) is 20.3 Å². The summed E-state index contributed by atoms with van der Waals surface area (Å²) in [5.41, 5.74) is 3.42. The van der Waals surface area contributed by atoms with Gasteiger partial charge in [-0.1, -0.05) is 0 Å². The third-order valence-electron chi connectivity index (χ3n) is 2.89. The lowest BCUT2D eigenvalue weighted by Crippen LogP contribution is -2.38. The van der Waals surface area contributed by atoms with Crippen LogP contribution in [0, 0.1) is 6.92 Å². The molecule has 1 aliphatic heterocycles. The first-order valence-corrected chi connectivity index (χ1v) is 5.89. The van der Waals surface area contributed by atoms with Gasteiger partial charge in [0.25, 0.3) is 0 Å². The van der Waals surface area contributed by atoms with E-state index in [9.17, 15) is 5.11 Å². The van der Waals surface area contributed by atoms with Gasteiger partial charge in [0.1, 0.15) is 11.6 Å². The molecule has 1 atom stereocenters. The number of likely N-dealkylation sites (tertiary alicyclic amines) is 1. The summed E-state index contributed by atoms with van der Waals surface area (Å²) >= 11 is 0. The summed E-state index contributed by atoms with van der Waals surface area (Å²) in [7, 11) is 0. The molecule has 0 radical (unpaired) electrons. The van der Waals surface area contributed by atoms with E-state index >= 15 is 0 Å². The standard InChI is InChI=1S/C11H19N5O/c1-8-5-10(15-12)14-11(13-8)7-16-4-2-3-9(17)6-16/h5,9,17H,2-4,6-7,12H2,1H3,(H,13,14,15). The van der Waals surface area contributed by atoms with Crippen molar-refractivity contribution in [2.75, 3.05) is 18.5 Å². The molecule has 17 heavy (non-hydrogen) atoms. The Balaban J connectivity index is 2.04. The Hall–Kier alpha value is -1.24. The molecule has 0 aromatic carbocycles. The van der Waals surface area contributed by atoms with E-state index < -0.39 is 0 Å². The van der Waals surface area contributed by atoms with Crippen LogP contribution in [0.5, 0.6) is 0 Å². The van der Waals surface area contributed by atoms with Crippen molar-refractivity contribution in [1.82, 2.24) is 14.9 Å². The number of aryl methyl sites for hydroxylation is 1. The van der Waals surface area contributed by atoms with E-state index in [0.29, 0.717) is 18.9 Å². The van der Waals surface area contributed by atoms with Crippen molar-refractivity contribution in [2.24, 2.45) is 5.84 Å². The summed E-state index contributed by atoms with van der Waals surface area (Å²) in [6, 6.07) is 1.80. The molecule has 1 fully saturated rings. The molecule has 0 bridgehead atoms. The van der Waals surface area contributed by atoms with Crippen molar-refractivity contribution >= 4 is 5.82 Å². The van der Waals surface area contributed by atoms with E-state index in [1.54, 1.807) is 6.07 Å². The van der Waals surface area contributed by atoms with Crippen LogP contribution in [-0.4, -0.2) is 39.2 Å². The highest BCUT2D eigenvalue weighted by molar-refractivity contribution is 5.33. The fraction of sp³-hybridized carbons (Fsp3) is 0.636. The zero-order chi connectivity index (χ0) is 12.3. The van der Waals surface area contributed by atoms with Gasteiger partial charge in [0.05, 0.1) is 12.6 Å². The Morgan fingerprint density at radius 3 is 3.12 bits per heavy atom. The number of aliphatic hydroxyl groups is 1. The van der Waals surface area contributed by atoms with Crippen molar-refractivity contribution in [2.45, 2.75) is 32.4 Å². The zero-order valence-corrected chi connectivity index (χ0v) is 10.1. The molecule has 0 spiro atoms. The number of aromatic nitrogens is 2. The van der Waals surface area contributed by atoms with Gasteiger partial charge in [-0.2, -0.15) is 0 Å². The molecule has 0 saturated carbocycles. The lowest BCUT2D eigenvalue weighted by molar-refractivity contribution is 0.0655. The second-order valence-corrected chi connectivity index (χ2v) is 4.49. The number of nitrogens with two attached hydrogens (primary N) is 1. The summed E-state index contributed by atoms with van der Waals surface area (Å²) in [5, 5.41) is 9.60. The van der Waals surface area contributed by atoms with Crippen molar-refractivity contribution < 1.29 is 5.11 Å². The van der Waals surface area contributed by atoms with E-state index in [1.165, 1.54) is 0 Å². The monoisotopic (exact) mass is 237 g/mol. The van der Waals surface area contributed by atoms with Crippen LogP contribution in [0.25, 0.3) is 0 Å². The third kappa shape index (κ3) is 3.36. The van der Waals surface area contributed by atoms with Crippen LogP contribution < -0.4 is 11.3 Å². The smallest absolute Gasteiger partial charge is 0.145 e. The SMILES string of the molecule is Cc1cc(NN)nc(CN2CCCC(O)C2)n1. The minimum absolute atomic E-state index is 0.222. The van der Waals surface area contributed by atoms with Gasteiger partial charge in [-0.3, -0.25) is 4.90 Å². The average molecular weight is 237 g/mol. The van der Waals surface area contributed by atoms with E-state index in [-0.39, 0.29) is 6.10 Å². The zero-order valence-electron chi connectivity index (χ0n) is 10.1. The van der Waals surface area contributed by atoms with Crippen molar-refractivity contribution in [3.63, 3.8) is 0 Å². The highest BCUT2D eigenvalue weighted by Gasteiger charge is 2.18. The second kappa shape index (κ2) is 5.39. The van der Waals surface area contributed by atoms with Gasteiger partial charge in [-0.05, 0) is 26.3 Å². The lowest BCUT2D eigenvalue weighted by Gasteiger charge is -2.29. The van der Waals surface area contributed by atoms with Gasteiger partial charge in [-0.25, -0.2) is 15.8 Å². The average Bonchev–Trinajstić information content (AvgIpc) is 2.28. The Labute approximate surface area is 101 Å². The van der Waals surface area contributed by atoms with Gasteiger partial charge in [-0.15, -0.1) is 0 Å². The van der Waals surface area contributed by atoms with Crippen LogP contribution in [0.4, 0.5) is 5.82 Å². The van der Waals surface area contributed by atoms with Gasteiger partial charge < -0.3 is 10.5 Å². The number of hydrazine groups is 1. The Morgan fingerprint density at radius 1 is 1.59 bits per heavy atom. The molecule has 1 aromatic rings. The van der Waals surface area contributed by atoms with Crippen molar-refractivity contribution in [3.8, 4) is 0 Å². The molecule has 6 heteroatoms. The van der Waals surface area contributed by atoms with Crippen LogP contribution in [0.1, 0.15) is 24.4 Å². The molecule has 1 unspecified atom stereocenters. The third-order valence-corrected chi connectivity index (χ3v) is 2.89. The predicted octanol–water partition coefficient (Wildman–Crippen LogP) is 0.0273. The number of anilines is 1. The largest absolute Gasteiger partial charge is 0.392 e. The maximum Gasteiger partial charge on any atom is 0.145 e. The maximum atomic E-state index is 9.60. The number of hydrogen-bond donors (Lipinski definition) is 3. The van der Waals surface area contributed by atoms with Crippen molar-refractivity contribution in [3.05, 3.63) is 17.6 Å². The number of aliphatic hydroxyl groups excluding tert-OH is 1. The quantitative estimate of drug-likeness (QED) is 0.508. The van der Waals surface area contributed by atoms with E-state index in [4.69, 9.17) is 5.84 Å². The minimum Gasteiger partial charge on any atom is -0.392 e. The fourth-order valence-corrected chi connectivity index (χ4v) is 2.15. The van der Waals surface area contributed by atoms with Crippen LogP contribution in [-0.2, 0) is 6.54 Å². The Kier molecular flexibility index (Phi) is 3.88. The normalized spacial score (nSPS) is 21.5. The first kappa shape index (κ1) is 12.2. The summed E-state index contributed by atoms with van der Waals surface area (Å²) in [4.78, 5) is 10.8. The first-order valence-electron chi connectivity index (χ1n) is 5.89. The highest BCUT2D eigenvalue weighted by atomic mass is 16.3. The predicted molar refractivity (Wildman–Crippen MR) is 65.1 cm³/mol. The Morgan fingerprint density at radius 2 is 2.41 bits per heavy atom. The van der Waals surface area contributed by atoms with Crippen LogP contribution in [0.2, 0.25) is 0 Å². The van der Waals surface area contributed by atoms with E-state index in [1.807, 2.05) is 6.92 Å². The molecule has 94 valence electrons. The summed E-state index contributed by atoms with van der Waals surface area (Å²) in [6.45, 7) is 4.26. The van der Waals surface area contributed by atoms with E-state index in [0.717, 1.165) is 30.9 Å². The first-order chi connectivity index (χ1) is 8.17.